The molecule has 0 unspecified atom stereocenters. The Balaban J connectivity index is 1.71. The van der Waals surface area contributed by atoms with Crippen LogP contribution < -0.4 is 0 Å². The Hall–Kier alpha value is -3.39. The third-order valence-electron chi connectivity index (χ3n) is 4.78. The summed E-state index contributed by atoms with van der Waals surface area (Å²) in [6.07, 6.45) is 0. The lowest BCUT2D eigenvalue weighted by molar-refractivity contribution is 0.584. The maximum absolute atomic E-state index is 14.3. The molecule has 4 aromatic carbocycles. The van der Waals surface area contributed by atoms with Gasteiger partial charge in [0.2, 0.25) is 0 Å². The van der Waals surface area contributed by atoms with Gasteiger partial charge in [0.25, 0.3) is 0 Å². The van der Waals surface area contributed by atoms with E-state index < -0.39 is 0 Å². The fraction of sp³-hybridized carbons (Fsp3) is 0. The van der Waals surface area contributed by atoms with Gasteiger partial charge in [-0.1, -0.05) is 78.9 Å². The summed E-state index contributed by atoms with van der Waals surface area (Å²) in [5.41, 5.74) is 5.37. The van der Waals surface area contributed by atoms with E-state index in [1.807, 2.05) is 48.5 Å². The van der Waals surface area contributed by atoms with E-state index >= 15 is 0 Å². The van der Waals surface area contributed by atoms with Crippen LogP contribution in [-0.4, -0.2) is 0 Å². The molecule has 0 atom stereocenters. The molecule has 0 bridgehead atoms. The third-order valence-corrected chi connectivity index (χ3v) is 4.78. The van der Waals surface area contributed by atoms with Crippen LogP contribution in [0.15, 0.2) is 95.4 Å². The summed E-state index contributed by atoms with van der Waals surface area (Å²) < 4.78 is 20.1. The van der Waals surface area contributed by atoms with Crippen LogP contribution in [0.25, 0.3) is 44.2 Å². The highest BCUT2D eigenvalue weighted by molar-refractivity contribution is 6.12. The highest BCUT2D eigenvalue weighted by Crippen LogP contribution is 2.38. The van der Waals surface area contributed by atoms with Gasteiger partial charge < -0.3 is 4.42 Å². The molecule has 5 rings (SSSR count). The zero-order valence-electron chi connectivity index (χ0n) is 13.9. The van der Waals surface area contributed by atoms with Crippen molar-refractivity contribution in [1.29, 1.82) is 0 Å². The first-order valence-electron chi connectivity index (χ1n) is 8.57. The van der Waals surface area contributed by atoms with E-state index in [-0.39, 0.29) is 5.82 Å². The minimum Gasteiger partial charge on any atom is -0.453 e. The van der Waals surface area contributed by atoms with Crippen LogP contribution in [-0.2, 0) is 0 Å². The Labute approximate surface area is 150 Å². The zero-order chi connectivity index (χ0) is 17.5. The van der Waals surface area contributed by atoms with Crippen molar-refractivity contribution in [2.75, 3.05) is 0 Å². The van der Waals surface area contributed by atoms with E-state index in [0.29, 0.717) is 11.2 Å². The summed E-state index contributed by atoms with van der Waals surface area (Å²) in [4.78, 5) is 0. The minimum atomic E-state index is -0.333. The van der Waals surface area contributed by atoms with Gasteiger partial charge >= 0.3 is 0 Å². The number of fused-ring (bicyclic) bond motifs is 3. The van der Waals surface area contributed by atoms with E-state index in [1.165, 1.54) is 11.6 Å². The molecule has 0 aliphatic heterocycles. The molecule has 0 radical (unpaired) electrons. The van der Waals surface area contributed by atoms with Crippen molar-refractivity contribution in [3.05, 3.63) is 96.8 Å². The molecule has 2 heteroatoms. The Bertz CT molecular complexity index is 1220. The second-order valence-electron chi connectivity index (χ2n) is 6.34. The van der Waals surface area contributed by atoms with Gasteiger partial charge in [0, 0.05) is 10.8 Å². The van der Waals surface area contributed by atoms with Crippen molar-refractivity contribution >= 4 is 21.9 Å². The molecule has 0 saturated heterocycles. The highest BCUT2D eigenvalue weighted by Gasteiger charge is 2.15. The smallest absolute Gasteiger partial charge is 0.171 e. The lowest BCUT2D eigenvalue weighted by atomic mass is 9.97. The predicted octanol–water partition coefficient (Wildman–Crippen LogP) is 7.06. The molecule has 1 heterocycles. The topological polar surface area (TPSA) is 13.1 Å². The van der Waals surface area contributed by atoms with E-state index in [4.69, 9.17) is 4.42 Å². The quantitative estimate of drug-likeness (QED) is 0.336. The predicted molar refractivity (Wildman–Crippen MR) is 105 cm³/mol. The van der Waals surface area contributed by atoms with Gasteiger partial charge in [-0.3, -0.25) is 0 Å². The summed E-state index contributed by atoms with van der Waals surface area (Å²) in [6, 6.07) is 29.6. The molecule has 0 aliphatic rings. The fourth-order valence-corrected chi connectivity index (χ4v) is 3.51. The second kappa shape index (κ2) is 5.85. The van der Waals surface area contributed by atoms with Gasteiger partial charge in [-0.05, 0) is 34.4 Å². The number of halogens is 1. The number of rotatable bonds is 2. The van der Waals surface area contributed by atoms with Crippen LogP contribution in [0, 0.1) is 5.82 Å². The van der Waals surface area contributed by atoms with Crippen LogP contribution in [0.3, 0.4) is 0 Å². The van der Waals surface area contributed by atoms with Gasteiger partial charge in [0.15, 0.2) is 11.4 Å². The molecule has 0 amide bonds. The summed E-state index contributed by atoms with van der Waals surface area (Å²) >= 11 is 0. The van der Waals surface area contributed by atoms with Gasteiger partial charge in [-0.2, -0.15) is 0 Å². The normalized spacial score (nSPS) is 11.3. The lowest BCUT2D eigenvalue weighted by Crippen LogP contribution is -1.84. The van der Waals surface area contributed by atoms with Crippen molar-refractivity contribution in [2.45, 2.75) is 0 Å². The summed E-state index contributed by atoms with van der Waals surface area (Å²) in [7, 11) is 0. The number of para-hydroxylation sites is 1. The third kappa shape index (κ3) is 2.31. The maximum atomic E-state index is 14.3. The average molecular weight is 338 g/mol. The Kier molecular flexibility index (Phi) is 3.36. The minimum absolute atomic E-state index is 0.316. The molecule has 0 saturated carbocycles. The fourth-order valence-electron chi connectivity index (χ4n) is 3.51. The van der Waals surface area contributed by atoms with E-state index in [2.05, 4.69) is 36.4 Å². The molecule has 1 aromatic heterocycles. The summed E-state index contributed by atoms with van der Waals surface area (Å²) in [5, 5.41) is 1.76. The number of benzene rings is 4. The summed E-state index contributed by atoms with van der Waals surface area (Å²) in [5.74, 6) is -0.333. The number of furan rings is 1. The molecule has 0 spiro atoms. The van der Waals surface area contributed by atoms with Crippen LogP contribution in [0.1, 0.15) is 0 Å². The van der Waals surface area contributed by atoms with Crippen molar-refractivity contribution in [3.63, 3.8) is 0 Å². The molecule has 0 N–H and O–H groups in total. The van der Waals surface area contributed by atoms with Gasteiger partial charge in [0.05, 0.1) is 0 Å². The largest absolute Gasteiger partial charge is 0.453 e. The molecule has 124 valence electrons. The molecule has 26 heavy (non-hydrogen) atoms. The standard InChI is InChI=1S/C24H15FO/c25-21-15-14-19(23-20-8-4-5-9-22(20)26-24(21)23)18-12-10-17(11-13-18)16-6-2-1-3-7-16/h1-15H. The van der Waals surface area contributed by atoms with Crippen LogP contribution in [0.4, 0.5) is 4.39 Å². The van der Waals surface area contributed by atoms with Gasteiger partial charge in [-0.15, -0.1) is 0 Å². The first-order chi connectivity index (χ1) is 12.8. The summed E-state index contributed by atoms with van der Waals surface area (Å²) in [6.45, 7) is 0. The lowest BCUT2D eigenvalue weighted by Gasteiger charge is -2.07. The molecule has 0 aliphatic carbocycles. The van der Waals surface area contributed by atoms with Gasteiger partial charge in [-0.25, -0.2) is 4.39 Å². The van der Waals surface area contributed by atoms with Crippen molar-refractivity contribution in [3.8, 4) is 22.3 Å². The number of hydrogen-bond donors (Lipinski definition) is 0. The highest BCUT2D eigenvalue weighted by atomic mass is 19.1. The Morgan fingerprint density at radius 2 is 1.23 bits per heavy atom. The van der Waals surface area contributed by atoms with E-state index in [9.17, 15) is 4.39 Å². The molecule has 0 fully saturated rings. The number of hydrogen-bond acceptors (Lipinski definition) is 1. The van der Waals surface area contributed by atoms with Crippen molar-refractivity contribution in [1.82, 2.24) is 0 Å². The zero-order valence-corrected chi connectivity index (χ0v) is 13.9. The first kappa shape index (κ1) is 14.9. The van der Waals surface area contributed by atoms with Crippen molar-refractivity contribution in [2.24, 2.45) is 0 Å². The first-order valence-corrected chi connectivity index (χ1v) is 8.57. The second-order valence-corrected chi connectivity index (χ2v) is 6.34. The molecule has 1 nitrogen and oxygen atoms in total. The van der Waals surface area contributed by atoms with Crippen LogP contribution in [0.2, 0.25) is 0 Å². The average Bonchev–Trinajstić information content (AvgIpc) is 3.10. The molecular formula is C24H15FO. The van der Waals surface area contributed by atoms with Gasteiger partial charge in [0.1, 0.15) is 5.58 Å². The molecular weight excluding hydrogens is 323 g/mol. The van der Waals surface area contributed by atoms with Crippen molar-refractivity contribution < 1.29 is 8.81 Å². The van der Waals surface area contributed by atoms with E-state index in [0.717, 1.165) is 27.5 Å². The monoisotopic (exact) mass is 338 g/mol. The maximum Gasteiger partial charge on any atom is 0.171 e. The van der Waals surface area contributed by atoms with Crippen LogP contribution >= 0.6 is 0 Å². The molecule has 5 aromatic rings. The Morgan fingerprint density at radius 3 is 2.04 bits per heavy atom. The Morgan fingerprint density at radius 1 is 0.577 bits per heavy atom. The van der Waals surface area contributed by atoms with Crippen LogP contribution in [0.5, 0.6) is 0 Å². The SMILES string of the molecule is Fc1ccc(-c2ccc(-c3ccccc3)cc2)c2c1oc1ccccc12. The van der Waals surface area contributed by atoms with E-state index in [1.54, 1.807) is 0 Å².